The molecule has 0 bridgehead atoms. The molecule has 0 aliphatic heterocycles. The summed E-state index contributed by atoms with van der Waals surface area (Å²) in [7, 11) is 3.56. The van der Waals surface area contributed by atoms with Gasteiger partial charge in [0.25, 0.3) is 0 Å². The van der Waals surface area contributed by atoms with Crippen molar-refractivity contribution in [2.45, 2.75) is 13.8 Å². The van der Waals surface area contributed by atoms with Crippen LogP contribution in [0.4, 0.5) is 5.69 Å². The molecule has 0 fully saturated rings. The normalized spacial score (nSPS) is 11.3. The van der Waals surface area contributed by atoms with Crippen LogP contribution in [0.3, 0.4) is 0 Å². The van der Waals surface area contributed by atoms with Crippen molar-refractivity contribution in [3.63, 3.8) is 0 Å². The number of hydrogen-bond acceptors (Lipinski definition) is 6. The van der Waals surface area contributed by atoms with Crippen molar-refractivity contribution in [3.8, 4) is 0 Å². The zero-order valence-electron chi connectivity index (χ0n) is 10.8. The fraction of sp³-hybridized carbons (Fsp3) is 0.333. The largest absolute Gasteiger partial charge is 0.428 e. The Labute approximate surface area is 104 Å². The van der Waals surface area contributed by atoms with Crippen molar-refractivity contribution in [1.29, 1.82) is 0 Å². The van der Waals surface area contributed by atoms with Crippen LogP contribution in [0.25, 0.3) is 0 Å². The van der Waals surface area contributed by atoms with Gasteiger partial charge in [-0.25, -0.2) is 4.79 Å². The van der Waals surface area contributed by atoms with Gasteiger partial charge in [0.1, 0.15) is 11.3 Å². The van der Waals surface area contributed by atoms with Crippen LogP contribution >= 0.6 is 0 Å². The molecule has 0 aliphatic rings. The van der Waals surface area contributed by atoms with Crippen molar-refractivity contribution < 1.29 is 14.4 Å². The van der Waals surface area contributed by atoms with Crippen LogP contribution in [0.15, 0.2) is 27.1 Å². The molecule has 1 aromatic heterocycles. The minimum absolute atomic E-state index is 0.0385. The first-order valence-corrected chi connectivity index (χ1v) is 5.31. The lowest BCUT2D eigenvalue weighted by molar-refractivity contribution is 0.104. The summed E-state index contributed by atoms with van der Waals surface area (Å²) in [5, 5.41) is 8.95. The number of carbonyl (C=O) groups excluding carboxylic acids is 1. The van der Waals surface area contributed by atoms with E-state index in [9.17, 15) is 9.59 Å². The molecule has 1 heterocycles. The minimum atomic E-state index is -0.778. The summed E-state index contributed by atoms with van der Waals surface area (Å²) in [5.74, 6) is -0.215. The zero-order chi connectivity index (χ0) is 13.9. The summed E-state index contributed by atoms with van der Waals surface area (Å²) in [6, 6.07) is 1.38. The number of anilines is 1. The van der Waals surface area contributed by atoms with E-state index >= 15 is 0 Å². The molecule has 0 amide bonds. The lowest BCUT2D eigenvalue weighted by atomic mass is 10.1. The first-order valence-electron chi connectivity index (χ1n) is 5.31. The van der Waals surface area contributed by atoms with Gasteiger partial charge in [-0.15, -0.1) is 0 Å². The van der Waals surface area contributed by atoms with Gasteiger partial charge in [-0.3, -0.25) is 15.5 Å². The van der Waals surface area contributed by atoms with Gasteiger partial charge in [-0.05, 0) is 13.8 Å². The predicted molar refractivity (Wildman–Crippen MR) is 66.9 cm³/mol. The number of nitrogens with zero attached hydrogens (tertiary/aromatic N) is 1. The summed E-state index contributed by atoms with van der Waals surface area (Å²) in [5.41, 5.74) is 1.56. The Kier molecular flexibility index (Phi) is 4.28. The zero-order valence-corrected chi connectivity index (χ0v) is 10.8. The predicted octanol–water partition coefficient (Wildman–Crippen LogP) is 1.40. The Morgan fingerprint density at radius 1 is 1.50 bits per heavy atom. The molecule has 0 radical (unpaired) electrons. The third-order valence-electron chi connectivity index (χ3n) is 2.49. The molecular weight excluding hydrogens is 236 g/mol. The van der Waals surface area contributed by atoms with E-state index in [4.69, 9.17) is 9.62 Å². The van der Waals surface area contributed by atoms with Crippen LogP contribution in [0.5, 0.6) is 0 Å². The molecule has 2 N–H and O–H groups in total. The van der Waals surface area contributed by atoms with E-state index in [1.807, 2.05) is 5.48 Å². The molecule has 0 atom stereocenters. The van der Waals surface area contributed by atoms with Crippen LogP contribution in [-0.4, -0.2) is 30.0 Å². The first kappa shape index (κ1) is 14.0. The molecule has 98 valence electrons. The summed E-state index contributed by atoms with van der Waals surface area (Å²) < 4.78 is 4.84. The summed E-state index contributed by atoms with van der Waals surface area (Å²) in [6.45, 7) is 3.29. The van der Waals surface area contributed by atoms with Crippen LogP contribution in [0.1, 0.15) is 23.0 Å². The number of carbonyl (C=O) groups is 1. The van der Waals surface area contributed by atoms with E-state index in [0.29, 0.717) is 11.5 Å². The highest BCUT2D eigenvalue weighted by Crippen LogP contribution is 2.14. The number of rotatable bonds is 4. The van der Waals surface area contributed by atoms with Crippen molar-refractivity contribution in [3.05, 3.63) is 39.6 Å². The van der Waals surface area contributed by atoms with E-state index in [1.165, 1.54) is 12.1 Å². The number of aryl methyl sites for hydroxylation is 1. The van der Waals surface area contributed by atoms with Crippen molar-refractivity contribution >= 4 is 11.5 Å². The molecule has 0 aromatic carbocycles. The molecule has 18 heavy (non-hydrogen) atoms. The van der Waals surface area contributed by atoms with E-state index in [1.54, 1.807) is 32.8 Å². The standard InChI is InChI=1S/C12H16N2O4/c1-7(14(3)4)5-10(15)11-9(13-17)6-8(2)18-12(11)16/h5-6,13,17H,1-4H3/b7-5-. The third kappa shape index (κ3) is 2.98. The van der Waals surface area contributed by atoms with E-state index in [0.717, 1.165) is 0 Å². The Morgan fingerprint density at radius 2 is 2.11 bits per heavy atom. The molecule has 0 aliphatic carbocycles. The fourth-order valence-electron chi connectivity index (χ4n) is 1.32. The average Bonchev–Trinajstić information content (AvgIpc) is 2.27. The Bertz CT molecular complexity index is 543. The van der Waals surface area contributed by atoms with Gasteiger partial charge < -0.3 is 9.32 Å². The molecule has 0 saturated carbocycles. The lowest BCUT2D eigenvalue weighted by Crippen LogP contribution is -2.18. The highest BCUT2D eigenvalue weighted by Gasteiger charge is 2.17. The van der Waals surface area contributed by atoms with Gasteiger partial charge in [-0.1, -0.05) is 0 Å². The number of hydrogen-bond donors (Lipinski definition) is 2. The second-order valence-corrected chi connectivity index (χ2v) is 4.09. The van der Waals surface area contributed by atoms with Crippen LogP contribution in [0, 0.1) is 6.92 Å². The summed E-state index contributed by atoms with van der Waals surface area (Å²) in [6.07, 6.45) is 1.31. The Hall–Kier alpha value is -2.08. The Morgan fingerprint density at radius 3 is 2.61 bits per heavy atom. The minimum Gasteiger partial charge on any atom is -0.428 e. The molecule has 1 rings (SSSR count). The summed E-state index contributed by atoms with van der Waals surface area (Å²) >= 11 is 0. The molecule has 6 nitrogen and oxygen atoms in total. The lowest BCUT2D eigenvalue weighted by Gasteiger charge is -2.12. The SMILES string of the molecule is C/C(=C/C(=O)c1c(NO)cc(C)oc1=O)N(C)C. The maximum atomic E-state index is 12.0. The van der Waals surface area contributed by atoms with Gasteiger partial charge in [0, 0.05) is 31.9 Å². The first-order chi connectivity index (χ1) is 8.36. The molecular formula is C12H16N2O4. The number of nitrogens with one attached hydrogen (secondary N) is 1. The molecule has 0 unspecified atom stereocenters. The number of ketones is 1. The van der Waals surface area contributed by atoms with Crippen LogP contribution < -0.4 is 11.1 Å². The maximum Gasteiger partial charge on any atom is 0.349 e. The Balaban J connectivity index is 3.30. The van der Waals surface area contributed by atoms with Crippen molar-refractivity contribution in [2.24, 2.45) is 0 Å². The topological polar surface area (TPSA) is 82.8 Å². The number of allylic oxidation sites excluding steroid dienone is 2. The van der Waals surface area contributed by atoms with Gasteiger partial charge in [0.15, 0.2) is 5.78 Å². The maximum absolute atomic E-state index is 12.0. The van der Waals surface area contributed by atoms with E-state index < -0.39 is 11.4 Å². The fourth-order valence-corrected chi connectivity index (χ4v) is 1.32. The molecule has 6 heteroatoms. The van der Waals surface area contributed by atoms with Gasteiger partial charge >= 0.3 is 5.63 Å². The second kappa shape index (κ2) is 5.50. The smallest absolute Gasteiger partial charge is 0.349 e. The van der Waals surface area contributed by atoms with Gasteiger partial charge in [-0.2, -0.15) is 0 Å². The highest BCUT2D eigenvalue weighted by atomic mass is 16.5. The van der Waals surface area contributed by atoms with Crippen molar-refractivity contribution in [1.82, 2.24) is 4.90 Å². The van der Waals surface area contributed by atoms with Crippen molar-refractivity contribution in [2.75, 3.05) is 19.6 Å². The van der Waals surface area contributed by atoms with Gasteiger partial charge in [0.2, 0.25) is 0 Å². The third-order valence-corrected chi connectivity index (χ3v) is 2.49. The monoisotopic (exact) mass is 252 g/mol. The van der Waals surface area contributed by atoms with Crippen LogP contribution in [0.2, 0.25) is 0 Å². The van der Waals surface area contributed by atoms with E-state index in [-0.39, 0.29) is 11.3 Å². The van der Waals surface area contributed by atoms with Crippen LogP contribution in [-0.2, 0) is 0 Å². The van der Waals surface area contributed by atoms with Gasteiger partial charge in [0.05, 0.1) is 5.69 Å². The summed E-state index contributed by atoms with van der Waals surface area (Å²) in [4.78, 5) is 25.3. The second-order valence-electron chi connectivity index (χ2n) is 4.09. The molecule has 0 spiro atoms. The highest BCUT2D eigenvalue weighted by molar-refractivity contribution is 6.08. The molecule has 1 aromatic rings. The quantitative estimate of drug-likeness (QED) is 0.479. The average molecular weight is 252 g/mol. The molecule has 0 saturated heterocycles. The van der Waals surface area contributed by atoms with E-state index in [2.05, 4.69) is 0 Å².